The van der Waals surface area contributed by atoms with Crippen molar-refractivity contribution in [1.82, 2.24) is 0 Å². The first kappa shape index (κ1) is 12.1. The molecule has 3 nitrogen and oxygen atoms in total. The normalized spacial score (nSPS) is 12.2. The molecule has 0 aliphatic carbocycles. The first-order valence-electron chi connectivity index (χ1n) is 4.81. The van der Waals surface area contributed by atoms with Gasteiger partial charge in [-0.05, 0) is 19.8 Å². The highest BCUT2D eigenvalue weighted by Gasteiger charge is 2.11. The Hall–Kier alpha value is -0.860. The zero-order valence-electron chi connectivity index (χ0n) is 8.63. The summed E-state index contributed by atoms with van der Waals surface area (Å²) in [7, 11) is 0. The van der Waals surface area contributed by atoms with Gasteiger partial charge in [0.1, 0.15) is 12.2 Å². The summed E-state index contributed by atoms with van der Waals surface area (Å²) in [5, 5.41) is 0. The van der Waals surface area contributed by atoms with Crippen molar-refractivity contribution >= 4 is 11.8 Å². The Kier molecular flexibility index (Phi) is 6.20. The Bertz CT molecular complexity index is 175. The van der Waals surface area contributed by atoms with Gasteiger partial charge in [0.15, 0.2) is 0 Å². The van der Waals surface area contributed by atoms with Gasteiger partial charge >= 0.3 is 5.97 Å². The molecule has 3 heteroatoms. The van der Waals surface area contributed by atoms with E-state index in [0.29, 0.717) is 6.42 Å². The van der Waals surface area contributed by atoms with Gasteiger partial charge in [-0.15, -0.1) is 0 Å². The molecular formula is C10H18O3. The van der Waals surface area contributed by atoms with Gasteiger partial charge < -0.3 is 4.74 Å². The quantitative estimate of drug-likeness (QED) is 0.471. The summed E-state index contributed by atoms with van der Waals surface area (Å²) in [5.74, 6) is -0.427. The predicted octanol–water partition coefficient (Wildman–Crippen LogP) is 2.09. The van der Waals surface area contributed by atoms with Crippen LogP contribution in [0.4, 0.5) is 0 Å². The number of hydrogen-bond donors (Lipinski definition) is 0. The fourth-order valence-corrected chi connectivity index (χ4v) is 0.878. The summed E-state index contributed by atoms with van der Waals surface area (Å²) in [5.41, 5.74) is 0. The molecule has 13 heavy (non-hydrogen) atoms. The van der Waals surface area contributed by atoms with Gasteiger partial charge in [0.2, 0.25) is 0 Å². The standard InChI is InChI=1S/C10H18O3/c1-4-6-9(11)7-10(12)13-8(3)5-2/h8H,4-7H2,1-3H3. The molecule has 0 fully saturated rings. The molecule has 0 aromatic heterocycles. The van der Waals surface area contributed by atoms with Gasteiger partial charge in [-0.25, -0.2) is 0 Å². The number of rotatable bonds is 6. The maximum atomic E-state index is 11.1. The molecule has 0 aliphatic heterocycles. The smallest absolute Gasteiger partial charge is 0.313 e. The lowest BCUT2D eigenvalue weighted by molar-refractivity contribution is -0.150. The van der Waals surface area contributed by atoms with Crippen molar-refractivity contribution in [3.05, 3.63) is 0 Å². The van der Waals surface area contributed by atoms with Gasteiger partial charge in [0.05, 0.1) is 6.10 Å². The summed E-state index contributed by atoms with van der Waals surface area (Å²) < 4.78 is 4.96. The molecular weight excluding hydrogens is 168 g/mol. The van der Waals surface area contributed by atoms with E-state index in [1.165, 1.54) is 0 Å². The monoisotopic (exact) mass is 186 g/mol. The highest BCUT2D eigenvalue weighted by atomic mass is 16.5. The van der Waals surface area contributed by atoms with E-state index in [1.54, 1.807) is 0 Å². The highest BCUT2D eigenvalue weighted by molar-refractivity contribution is 5.95. The van der Waals surface area contributed by atoms with Gasteiger partial charge in [-0.1, -0.05) is 13.8 Å². The van der Waals surface area contributed by atoms with Crippen LogP contribution in [0.5, 0.6) is 0 Å². The Morgan fingerprint density at radius 2 is 1.92 bits per heavy atom. The molecule has 0 aromatic rings. The summed E-state index contributed by atoms with van der Waals surface area (Å²) >= 11 is 0. The Morgan fingerprint density at radius 3 is 2.38 bits per heavy atom. The predicted molar refractivity (Wildman–Crippen MR) is 50.4 cm³/mol. The van der Waals surface area contributed by atoms with E-state index in [2.05, 4.69) is 0 Å². The topological polar surface area (TPSA) is 43.4 Å². The molecule has 0 saturated carbocycles. The van der Waals surface area contributed by atoms with Crippen LogP contribution in [0.15, 0.2) is 0 Å². The van der Waals surface area contributed by atoms with E-state index in [-0.39, 0.29) is 18.3 Å². The van der Waals surface area contributed by atoms with E-state index in [4.69, 9.17) is 4.74 Å². The number of carbonyl (C=O) groups excluding carboxylic acids is 2. The largest absolute Gasteiger partial charge is 0.462 e. The minimum atomic E-state index is -0.396. The SMILES string of the molecule is CCCC(=O)CC(=O)OC(C)CC. The molecule has 0 radical (unpaired) electrons. The van der Waals surface area contributed by atoms with Crippen molar-refractivity contribution in [2.24, 2.45) is 0 Å². The molecule has 1 atom stereocenters. The van der Waals surface area contributed by atoms with E-state index in [1.807, 2.05) is 20.8 Å². The molecule has 0 rings (SSSR count). The molecule has 0 heterocycles. The van der Waals surface area contributed by atoms with Crippen LogP contribution in [0.3, 0.4) is 0 Å². The molecule has 0 aromatic carbocycles. The first-order chi connectivity index (χ1) is 6.10. The lowest BCUT2D eigenvalue weighted by Crippen LogP contribution is -2.16. The van der Waals surface area contributed by atoms with E-state index in [0.717, 1.165) is 12.8 Å². The zero-order chi connectivity index (χ0) is 10.3. The van der Waals surface area contributed by atoms with Crippen LogP contribution in [0.2, 0.25) is 0 Å². The molecule has 0 saturated heterocycles. The third kappa shape index (κ3) is 6.31. The molecule has 0 amide bonds. The summed E-state index contributed by atoms with van der Waals surface area (Å²) in [6.07, 6.45) is 1.89. The third-order valence-electron chi connectivity index (χ3n) is 1.78. The maximum absolute atomic E-state index is 11.1. The van der Waals surface area contributed by atoms with Gasteiger partial charge in [-0.2, -0.15) is 0 Å². The van der Waals surface area contributed by atoms with Gasteiger partial charge in [0.25, 0.3) is 0 Å². The second kappa shape index (κ2) is 6.63. The number of ketones is 1. The van der Waals surface area contributed by atoms with Crippen LogP contribution >= 0.6 is 0 Å². The van der Waals surface area contributed by atoms with Gasteiger partial charge in [0, 0.05) is 6.42 Å². The molecule has 0 bridgehead atoms. The average molecular weight is 186 g/mol. The van der Waals surface area contributed by atoms with Gasteiger partial charge in [-0.3, -0.25) is 9.59 Å². The van der Waals surface area contributed by atoms with E-state index < -0.39 is 5.97 Å². The van der Waals surface area contributed by atoms with Crippen molar-refractivity contribution in [1.29, 1.82) is 0 Å². The lowest BCUT2D eigenvalue weighted by Gasteiger charge is -2.09. The minimum Gasteiger partial charge on any atom is -0.462 e. The number of ether oxygens (including phenoxy) is 1. The third-order valence-corrected chi connectivity index (χ3v) is 1.78. The highest BCUT2D eigenvalue weighted by Crippen LogP contribution is 2.01. The molecule has 76 valence electrons. The van der Waals surface area contributed by atoms with Crippen LogP contribution < -0.4 is 0 Å². The fraction of sp³-hybridized carbons (Fsp3) is 0.800. The second-order valence-electron chi connectivity index (χ2n) is 3.17. The minimum absolute atomic E-state index is 0.0317. The van der Waals surface area contributed by atoms with Crippen LogP contribution in [0, 0.1) is 0 Å². The number of hydrogen-bond acceptors (Lipinski definition) is 3. The van der Waals surface area contributed by atoms with E-state index >= 15 is 0 Å². The fourth-order valence-electron chi connectivity index (χ4n) is 0.878. The zero-order valence-corrected chi connectivity index (χ0v) is 8.63. The molecule has 1 unspecified atom stereocenters. The Balaban J connectivity index is 3.67. The van der Waals surface area contributed by atoms with Crippen LogP contribution in [-0.4, -0.2) is 17.9 Å². The van der Waals surface area contributed by atoms with E-state index in [9.17, 15) is 9.59 Å². The summed E-state index contributed by atoms with van der Waals surface area (Å²) in [6, 6.07) is 0. The first-order valence-corrected chi connectivity index (χ1v) is 4.81. The van der Waals surface area contributed by atoms with Crippen LogP contribution in [0.1, 0.15) is 46.5 Å². The van der Waals surface area contributed by atoms with Crippen LogP contribution in [0.25, 0.3) is 0 Å². The average Bonchev–Trinajstić information content (AvgIpc) is 2.04. The summed E-state index contributed by atoms with van der Waals surface area (Å²) in [4.78, 5) is 22.1. The molecule has 0 aliphatic rings. The lowest BCUT2D eigenvalue weighted by atomic mass is 10.2. The second-order valence-corrected chi connectivity index (χ2v) is 3.17. The Morgan fingerprint density at radius 1 is 1.31 bits per heavy atom. The van der Waals surface area contributed by atoms with Crippen molar-refractivity contribution in [2.75, 3.05) is 0 Å². The molecule has 0 spiro atoms. The maximum Gasteiger partial charge on any atom is 0.313 e. The Labute approximate surface area is 79.5 Å². The van der Waals surface area contributed by atoms with Crippen molar-refractivity contribution < 1.29 is 14.3 Å². The number of carbonyl (C=O) groups is 2. The number of Topliss-reactive ketones (excluding diaryl/α,β-unsaturated/α-hetero) is 1. The van der Waals surface area contributed by atoms with Crippen molar-refractivity contribution in [3.8, 4) is 0 Å². The molecule has 0 N–H and O–H groups in total. The van der Waals surface area contributed by atoms with Crippen molar-refractivity contribution in [3.63, 3.8) is 0 Å². The number of esters is 1. The van der Waals surface area contributed by atoms with Crippen LogP contribution in [-0.2, 0) is 14.3 Å². The van der Waals surface area contributed by atoms with Crippen molar-refractivity contribution in [2.45, 2.75) is 52.6 Å². The summed E-state index contributed by atoms with van der Waals surface area (Å²) in [6.45, 7) is 5.67.